The SMILES string of the molecule is CN(C)c1ccc(C=NCCc2cccs2)cc1. The van der Waals surface area contributed by atoms with E-state index in [1.165, 1.54) is 10.6 Å². The summed E-state index contributed by atoms with van der Waals surface area (Å²) in [6, 6.07) is 12.7. The van der Waals surface area contributed by atoms with Gasteiger partial charge in [0.1, 0.15) is 0 Å². The molecule has 0 unspecified atom stereocenters. The van der Waals surface area contributed by atoms with Crippen LogP contribution in [0.1, 0.15) is 10.4 Å². The van der Waals surface area contributed by atoms with Crippen LogP contribution in [0.15, 0.2) is 46.8 Å². The van der Waals surface area contributed by atoms with Crippen LogP contribution >= 0.6 is 11.3 Å². The number of benzene rings is 1. The molecule has 2 nitrogen and oxygen atoms in total. The molecule has 0 atom stereocenters. The van der Waals surface area contributed by atoms with Gasteiger partial charge in [0.25, 0.3) is 0 Å². The van der Waals surface area contributed by atoms with Crippen LogP contribution in [0.4, 0.5) is 5.69 Å². The molecule has 2 rings (SSSR count). The van der Waals surface area contributed by atoms with E-state index >= 15 is 0 Å². The lowest BCUT2D eigenvalue weighted by molar-refractivity contribution is 0.993. The monoisotopic (exact) mass is 258 g/mol. The molecule has 0 aliphatic heterocycles. The Labute approximate surface area is 113 Å². The summed E-state index contributed by atoms with van der Waals surface area (Å²) in [6.07, 6.45) is 2.98. The van der Waals surface area contributed by atoms with Crippen LogP contribution < -0.4 is 4.90 Å². The Kier molecular flexibility index (Phi) is 4.53. The molecule has 0 radical (unpaired) electrons. The van der Waals surface area contributed by atoms with Crippen molar-refractivity contribution in [1.82, 2.24) is 0 Å². The molecule has 2 aromatic rings. The van der Waals surface area contributed by atoms with Gasteiger partial charge >= 0.3 is 0 Å². The minimum Gasteiger partial charge on any atom is -0.378 e. The van der Waals surface area contributed by atoms with Crippen LogP contribution in [0.3, 0.4) is 0 Å². The highest BCUT2D eigenvalue weighted by atomic mass is 32.1. The molecule has 0 saturated carbocycles. The van der Waals surface area contributed by atoms with E-state index in [1.54, 1.807) is 11.3 Å². The fourth-order valence-electron chi connectivity index (χ4n) is 1.66. The van der Waals surface area contributed by atoms with Gasteiger partial charge in [-0.3, -0.25) is 4.99 Å². The molecule has 0 aliphatic rings. The van der Waals surface area contributed by atoms with Crippen molar-refractivity contribution in [3.8, 4) is 0 Å². The number of hydrogen-bond donors (Lipinski definition) is 0. The number of hydrogen-bond acceptors (Lipinski definition) is 3. The number of aliphatic imine (C=N–C) groups is 1. The van der Waals surface area contributed by atoms with Gasteiger partial charge in [-0.2, -0.15) is 0 Å². The summed E-state index contributed by atoms with van der Waals surface area (Å²) < 4.78 is 0. The van der Waals surface area contributed by atoms with Crippen molar-refractivity contribution in [3.63, 3.8) is 0 Å². The average Bonchev–Trinajstić information content (AvgIpc) is 2.88. The summed E-state index contributed by atoms with van der Waals surface area (Å²) in [5, 5.41) is 2.11. The van der Waals surface area contributed by atoms with Crippen LogP contribution in [-0.2, 0) is 6.42 Å². The summed E-state index contributed by atoms with van der Waals surface area (Å²) >= 11 is 1.79. The van der Waals surface area contributed by atoms with Gasteiger partial charge in [-0.1, -0.05) is 18.2 Å². The molecule has 94 valence electrons. The molecule has 3 heteroatoms. The lowest BCUT2D eigenvalue weighted by Crippen LogP contribution is -2.08. The minimum absolute atomic E-state index is 0.857. The number of anilines is 1. The smallest absolute Gasteiger partial charge is 0.0437 e. The van der Waals surface area contributed by atoms with E-state index in [0.29, 0.717) is 0 Å². The average molecular weight is 258 g/mol. The highest BCUT2D eigenvalue weighted by molar-refractivity contribution is 7.09. The largest absolute Gasteiger partial charge is 0.378 e. The summed E-state index contributed by atoms with van der Waals surface area (Å²) in [4.78, 5) is 7.95. The molecule has 0 saturated heterocycles. The highest BCUT2D eigenvalue weighted by Gasteiger charge is 1.94. The van der Waals surface area contributed by atoms with Gasteiger partial charge in [-0.05, 0) is 29.1 Å². The summed E-state index contributed by atoms with van der Waals surface area (Å²) in [5.74, 6) is 0. The third-order valence-corrected chi connectivity index (χ3v) is 3.65. The summed E-state index contributed by atoms with van der Waals surface area (Å²) in [6.45, 7) is 0.857. The van der Waals surface area contributed by atoms with Crippen LogP contribution in [0.25, 0.3) is 0 Å². The first-order chi connectivity index (χ1) is 8.75. The van der Waals surface area contributed by atoms with Crippen molar-refractivity contribution in [2.75, 3.05) is 25.5 Å². The third kappa shape index (κ3) is 3.70. The van der Waals surface area contributed by atoms with Crippen molar-refractivity contribution in [1.29, 1.82) is 0 Å². The van der Waals surface area contributed by atoms with E-state index in [9.17, 15) is 0 Å². The van der Waals surface area contributed by atoms with Gasteiger partial charge in [-0.25, -0.2) is 0 Å². The van der Waals surface area contributed by atoms with Gasteiger partial charge in [0.2, 0.25) is 0 Å². The molecular formula is C15H18N2S. The third-order valence-electron chi connectivity index (χ3n) is 2.72. The van der Waals surface area contributed by atoms with Crippen LogP contribution in [0.5, 0.6) is 0 Å². The number of thiophene rings is 1. The molecule has 0 aliphatic carbocycles. The summed E-state index contributed by atoms with van der Waals surface area (Å²) in [5.41, 5.74) is 2.37. The first-order valence-electron chi connectivity index (χ1n) is 6.05. The van der Waals surface area contributed by atoms with E-state index in [4.69, 9.17) is 0 Å². The predicted octanol–water partition coefficient (Wildman–Crippen LogP) is 3.48. The van der Waals surface area contributed by atoms with Gasteiger partial charge in [0.05, 0.1) is 0 Å². The maximum Gasteiger partial charge on any atom is 0.0437 e. The van der Waals surface area contributed by atoms with Crippen LogP contribution in [0.2, 0.25) is 0 Å². The second kappa shape index (κ2) is 6.36. The highest BCUT2D eigenvalue weighted by Crippen LogP contribution is 2.11. The Morgan fingerprint density at radius 1 is 1.17 bits per heavy atom. The van der Waals surface area contributed by atoms with E-state index in [0.717, 1.165) is 18.5 Å². The number of nitrogens with zero attached hydrogens (tertiary/aromatic N) is 2. The summed E-state index contributed by atoms with van der Waals surface area (Å²) in [7, 11) is 4.09. The second-order valence-electron chi connectivity index (χ2n) is 4.35. The molecule has 0 spiro atoms. The molecule has 1 aromatic heterocycles. The fraction of sp³-hybridized carbons (Fsp3) is 0.267. The topological polar surface area (TPSA) is 15.6 Å². The zero-order valence-electron chi connectivity index (χ0n) is 10.8. The van der Waals surface area contributed by atoms with E-state index in [1.807, 2.05) is 20.3 Å². The van der Waals surface area contributed by atoms with Crippen LogP contribution in [-0.4, -0.2) is 26.9 Å². The van der Waals surface area contributed by atoms with E-state index < -0.39 is 0 Å². The Morgan fingerprint density at radius 3 is 2.56 bits per heavy atom. The standard InChI is InChI=1S/C15H18N2S/c1-17(2)14-7-5-13(6-8-14)12-16-10-9-15-4-3-11-18-15/h3-8,11-12H,9-10H2,1-2H3. The molecule has 1 heterocycles. The van der Waals surface area contributed by atoms with Crippen molar-refractivity contribution < 1.29 is 0 Å². The molecule has 0 N–H and O–H groups in total. The normalized spacial score (nSPS) is 11.0. The Balaban J connectivity index is 1.85. The fourth-order valence-corrected chi connectivity index (χ4v) is 2.36. The predicted molar refractivity (Wildman–Crippen MR) is 81.3 cm³/mol. The molecule has 18 heavy (non-hydrogen) atoms. The molecule has 0 bridgehead atoms. The Bertz CT molecular complexity index is 484. The van der Waals surface area contributed by atoms with Gasteiger partial charge in [0, 0.05) is 43.8 Å². The quantitative estimate of drug-likeness (QED) is 0.750. The maximum atomic E-state index is 4.46. The minimum atomic E-state index is 0.857. The van der Waals surface area contributed by atoms with E-state index in [2.05, 4.69) is 51.7 Å². The zero-order valence-corrected chi connectivity index (χ0v) is 11.7. The second-order valence-corrected chi connectivity index (χ2v) is 5.38. The number of rotatable bonds is 5. The molecule has 1 aromatic carbocycles. The van der Waals surface area contributed by atoms with Crippen molar-refractivity contribution >= 4 is 23.2 Å². The van der Waals surface area contributed by atoms with Gasteiger partial charge in [-0.15, -0.1) is 11.3 Å². The first kappa shape index (κ1) is 12.8. The van der Waals surface area contributed by atoms with Crippen molar-refractivity contribution in [2.45, 2.75) is 6.42 Å². The Morgan fingerprint density at radius 2 is 1.94 bits per heavy atom. The van der Waals surface area contributed by atoms with Crippen molar-refractivity contribution in [2.24, 2.45) is 4.99 Å². The van der Waals surface area contributed by atoms with Crippen LogP contribution in [0, 0.1) is 0 Å². The van der Waals surface area contributed by atoms with Gasteiger partial charge in [0.15, 0.2) is 0 Å². The van der Waals surface area contributed by atoms with Gasteiger partial charge < -0.3 is 4.90 Å². The molecule has 0 fully saturated rings. The van der Waals surface area contributed by atoms with E-state index in [-0.39, 0.29) is 0 Å². The van der Waals surface area contributed by atoms with Crippen molar-refractivity contribution in [3.05, 3.63) is 52.2 Å². The lowest BCUT2D eigenvalue weighted by Gasteiger charge is -2.11. The maximum absolute atomic E-state index is 4.46. The lowest BCUT2D eigenvalue weighted by atomic mass is 10.2. The first-order valence-corrected chi connectivity index (χ1v) is 6.93. The Hall–Kier alpha value is -1.61. The molecular weight excluding hydrogens is 240 g/mol. The zero-order chi connectivity index (χ0) is 12.8. The molecule has 0 amide bonds.